The van der Waals surface area contributed by atoms with Gasteiger partial charge in [0.25, 0.3) is 5.56 Å². The number of hydrogen-bond donors (Lipinski definition) is 1. The third-order valence-corrected chi connectivity index (χ3v) is 5.17. The first-order valence-electron chi connectivity index (χ1n) is 8.75. The Hall–Kier alpha value is -2.25. The second-order valence-electron chi connectivity index (χ2n) is 7.06. The maximum Gasteiger partial charge on any atom is 0.262 e. The molecule has 1 saturated heterocycles. The van der Waals surface area contributed by atoms with Crippen LogP contribution in [0.3, 0.4) is 0 Å². The number of fused-ring (bicyclic) bond motifs is 3. The first-order valence-corrected chi connectivity index (χ1v) is 8.75. The van der Waals surface area contributed by atoms with E-state index in [1.54, 1.807) is 11.6 Å². The number of aliphatic hydroxyl groups excluding tert-OH is 1. The van der Waals surface area contributed by atoms with Gasteiger partial charge in [0.1, 0.15) is 0 Å². The SMILES string of the molecule is Cc1ccc2c(c1)c(=O)n(C)c1nnc(CN3CCCC(CO)C3)n21. The largest absolute Gasteiger partial charge is 0.396 e. The highest BCUT2D eigenvalue weighted by atomic mass is 16.3. The first kappa shape index (κ1) is 16.2. The monoisotopic (exact) mass is 341 g/mol. The predicted octanol–water partition coefficient (Wildman–Crippen LogP) is 1.09. The van der Waals surface area contributed by atoms with Crippen LogP contribution in [0.4, 0.5) is 0 Å². The van der Waals surface area contributed by atoms with Gasteiger partial charge >= 0.3 is 0 Å². The van der Waals surface area contributed by atoms with Gasteiger partial charge in [-0.2, -0.15) is 0 Å². The Bertz CT molecular complexity index is 990. The van der Waals surface area contributed by atoms with Crippen LogP contribution in [-0.4, -0.2) is 48.9 Å². The maximum atomic E-state index is 12.6. The van der Waals surface area contributed by atoms with Crippen molar-refractivity contribution in [2.75, 3.05) is 19.7 Å². The van der Waals surface area contributed by atoms with Crippen LogP contribution in [0.2, 0.25) is 0 Å². The molecule has 1 aliphatic rings. The van der Waals surface area contributed by atoms with E-state index in [0.29, 0.717) is 23.6 Å². The summed E-state index contributed by atoms with van der Waals surface area (Å²) >= 11 is 0. The molecule has 1 N–H and O–H groups in total. The molecule has 0 spiro atoms. The fraction of sp³-hybridized carbons (Fsp3) is 0.500. The Kier molecular flexibility index (Phi) is 4.05. The number of aliphatic hydroxyl groups is 1. The van der Waals surface area contributed by atoms with Crippen molar-refractivity contribution in [1.29, 1.82) is 0 Å². The van der Waals surface area contributed by atoms with E-state index >= 15 is 0 Å². The van der Waals surface area contributed by atoms with Crippen LogP contribution in [-0.2, 0) is 13.6 Å². The third-order valence-electron chi connectivity index (χ3n) is 5.17. The van der Waals surface area contributed by atoms with Gasteiger partial charge in [0.05, 0.1) is 17.4 Å². The number of hydrogen-bond acceptors (Lipinski definition) is 5. The van der Waals surface area contributed by atoms with Crippen molar-refractivity contribution >= 4 is 16.7 Å². The van der Waals surface area contributed by atoms with Gasteiger partial charge in [-0.25, -0.2) is 0 Å². The van der Waals surface area contributed by atoms with Gasteiger partial charge in [-0.05, 0) is 44.4 Å². The zero-order chi connectivity index (χ0) is 17.6. The van der Waals surface area contributed by atoms with E-state index in [0.717, 1.165) is 42.8 Å². The van der Waals surface area contributed by atoms with Crippen LogP contribution in [0, 0.1) is 12.8 Å². The van der Waals surface area contributed by atoms with Crippen LogP contribution in [0.25, 0.3) is 16.7 Å². The summed E-state index contributed by atoms with van der Waals surface area (Å²) in [7, 11) is 1.74. The molecule has 0 saturated carbocycles. The Morgan fingerprint density at radius 1 is 1.32 bits per heavy atom. The molecule has 7 nitrogen and oxygen atoms in total. The summed E-state index contributed by atoms with van der Waals surface area (Å²) in [5.74, 6) is 1.72. The lowest BCUT2D eigenvalue weighted by atomic mass is 9.99. The molecule has 0 amide bonds. The van der Waals surface area contributed by atoms with Crippen LogP contribution in [0.15, 0.2) is 23.0 Å². The van der Waals surface area contributed by atoms with Crippen molar-refractivity contribution in [3.05, 3.63) is 39.9 Å². The first-order chi connectivity index (χ1) is 12.1. The average Bonchev–Trinajstić information content (AvgIpc) is 3.03. The number of rotatable bonds is 3. The van der Waals surface area contributed by atoms with Gasteiger partial charge < -0.3 is 5.11 Å². The molecular weight excluding hydrogens is 318 g/mol. The van der Waals surface area contributed by atoms with Crippen molar-refractivity contribution < 1.29 is 5.11 Å². The molecule has 1 fully saturated rings. The fourth-order valence-corrected chi connectivity index (χ4v) is 3.81. The lowest BCUT2D eigenvalue weighted by Crippen LogP contribution is -2.36. The van der Waals surface area contributed by atoms with Gasteiger partial charge in [0.2, 0.25) is 5.78 Å². The molecule has 1 unspecified atom stereocenters. The van der Waals surface area contributed by atoms with Crippen LogP contribution < -0.4 is 5.56 Å². The van der Waals surface area contributed by atoms with Crippen molar-refractivity contribution in [2.24, 2.45) is 13.0 Å². The molecule has 3 heterocycles. The van der Waals surface area contributed by atoms with E-state index in [4.69, 9.17) is 0 Å². The van der Waals surface area contributed by atoms with Gasteiger partial charge in [-0.15, -0.1) is 10.2 Å². The van der Waals surface area contributed by atoms with Crippen LogP contribution in [0.1, 0.15) is 24.2 Å². The number of piperidine rings is 1. The molecule has 1 aromatic carbocycles. The molecule has 25 heavy (non-hydrogen) atoms. The molecule has 0 radical (unpaired) electrons. The van der Waals surface area contributed by atoms with E-state index in [1.807, 2.05) is 29.5 Å². The summed E-state index contributed by atoms with van der Waals surface area (Å²) in [5, 5.41) is 18.7. The molecule has 0 aliphatic carbocycles. The maximum absolute atomic E-state index is 12.6. The Balaban J connectivity index is 1.83. The van der Waals surface area contributed by atoms with E-state index in [9.17, 15) is 9.90 Å². The van der Waals surface area contributed by atoms with Gasteiger partial charge in [-0.3, -0.25) is 18.7 Å². The minimum absolute atomic E-state index is 0.0523. The van der Waals surface area contributed by atoms with Gasteiger partial charge in [0.15, 0.2) is 5.82 Å². The normalized spacial score (nSPS) is 19.1. The fourth-order valence-electron chi connectivity index (χ4n) is 3.81. The summed E-state index contributed by atoms with van der Waals surface area (Å²) in [5.41, 5.74) is 1.85. The molecule has 4 rings (SSSR count). The second-order valence-corrected chi connectivity index (χ2v) is 7.06. The smallest absolute Gasteiger partial charge is 0.262 e. The number of aryl methyl sites for hydroxylation is 2. The van der Waals surface area contributed by atoms with E-state index in [2.05, 4.69) is 15.1 Å². The minimum Gasteiger partial charge on any atom is -0.396 e. The Morgan fingerprint density at radius 2 is 2.16 bits per heavy atom. The molecule has 1 atom stereocenters. The summed E-state index contributed by atoms with van der Waals surface area (Å²) < 4.78 is 3.55. The number of likely N-dealkylation sites (tertiary alicyclic amines) is 1. The topological polar surface area (TPSA) is 75.7 Å². The number of benzene rings is 1. The zero-order valence-electron chi connectivity index (χ0n) is 14.6. The summed E-state index contributed by atoms with van der Waals surface area (Å²) in [6, 6.07) is 5.90. The summed E-state index contributed by atoms with van der Waals surface area (Å²) in [6.07, 6.45) is 2.16. The molecule has 0 bridgehead atoms. The van der Waals surface area contributed by atoms with E-state index in [-0.39, 0.29) is 12.2 Å². The van der Waals surface area contributed by atoms with Gasteiger partial charge in [0, 0.05) is 20.2 Å². The summed E-state index contributed by atoms with van der Waals surface area (Å²) in [4.78, 5) is 14.9. The average molecular weight is 341 g/mol. The lowest BCUT2D eigenvalue weighted by molar-refractivity contribution is 0.114. The van der Waals surface area contributed by atoms with Crippen molar-refractivity contribution in [3.63, 3.8) is 0 Å². The standard InChI is InChI=1S/C18H23N5O2/c1-12-5-6-15-14(8-12)17(25)21(2)18-20-19-16(23(15)18)10-22-7-3-4-13(9-22)11-24/h5-6,8,13,24H,3-4,7,9-11H2,1-2H3. The van der Waals surface area contributed by atoms with Crippen molar-refractivity contribution in [1.82, 2.24) is 24.1 Å². The Morgan fingerprint density at radius 3 is 2.96 bits per heavy atom. The molecule has 3 aromatic rings. The quantitative estimate of drug-likeness (QED) is 0.772. The predicted molar refractivity (Wildman–Crippen MR) is 95.6 cm³/mol. The molecule has 1 aliphatic heterocycles. The van der Waals surface area contributed by atoms with Crippen LogP contribution in [0.5, 0.6) is 0 Å². The number of nitrogens with zero attached hydrogens (tertiary/aromatic N) is 5. The van der Waals surface area contributed by atoms with Crippen molar-refractivity contribution in [3.8, 4) is 0 Å². The van der Waals surface area contributed by atoms with Crippen LogP contribution >= 0.6 is 0 Å². The molecular formula is C18H23N5O2. The number of aromatic nitrogens is 4. The van der Waals surface area contributed by atoms with Gasteiger partial charge in [-0.1, -0.05) is 11.6 Å². The molecule has 2 aromatic heterocycles. The Labute approximate surface area is 145 Å². The highest BCUT2D eigenvalue weighted by Gasteiger charge is 2.22. The highest BCUT2D eigenvalue weighted by Crippen LogP contribution is 2.20. The van der Waals surface area contributed by atoms with Crippen molar-refractivity contribution in [2.45, 2.75) is 26.3 Å². The zero-order valence-corrected chi connectivity index (χ0v) is 14.6. The lowest BCUT2D eigenvalue weighted by Gasteiger charge is -2.31. The minimum atomic E-state index is -0.0523. The molecule has 132 valence electrons. The highest BCUT2D eigenvalue weighted by molar-refractivity contribution is 5.81. The van der Waals surface area contributed by atoms with E-state index in [1.165, 1.54) is 0 Å². The second kappa shape index (κ2) is 6.24. The third kappa shape index (κ3) is 2.73. The van der Waals surface area contributed by atoms with E-state index < -0.39 is 0 Å². The molecule has 7 heteroatoms. The summed E-state index contributed by atoms with van der Waals surface area (Å²) in [6.45, 7) is 4.74.